The van der Waals surface area contributed by atoms with E-state index in [9.17, 15) is 23.7 Å². The molecule has 1 rings (SSSR count). The van der Waals surface area contributed by atoms with Crippen molar-refractivity contribution in [2.45, 2.75) is 0 Å². The van der Waals surface area contributed by atoms with Gasteiger partial charge in [-0.05, 0) is 6.07 Å². The van der Waals surface area contributed by atoms with Gasteiger partial charge in [-0.3, -0.25) is 14.9 Å². The maximum Gasteiger partial charge on any atom is 0.305 e. The molecule has 0 saturated heterocycles. The van der Waals surface area contributed by atoms with Crippen molar-refractivity contribution in [1.82, 2.24) is 5.32 Å². The average molecular weight is 216 g/mol. The number of nitrogens with one attached hydrogen (secondary N) is 1. The van der Waals surface area contributed by atoms with Crippen LogP contribution in [0.1, 0.15) is 10.4 Å². The molecule has 0 unspecified atom stereocenters. The SMILES string of the molecule is CNC(=O)c1c(F)ccc([N+](=O)[O-])c1F. The summed E-state index contributed by atoms with van der Waals surface area (Å²) in [7, 11) is 1.17. The van der Waals surface area contributed by atoms with Crippen LogP contribution >= 0.6 is 0 Å². The minimum Gasteiger partial charge on any atom is -0.355 e. The molecule has 0 spiro atoms. The van der Waals surface area contributed by atoms with Crippen molar-refractivity contribution >= 4 is 11.6 Å². The summed E-state index contributed by atoms with van der Waals surface area (Å²) < 4.78 is 26.3. The van der Waals surface area contributed by atoms with Gasteiger partial charge >= 0.3 is 5.69 Å². The topological polar surface area (TPSA) is 72.2 Å². The molecule has 0 atom stereocenters. The Morgan fingerprint density at radius 2 is 2.07 bits per heavy atom. The smallest absolute Gasteiger partial charge is 0.305 e. The predicted molar refractivity (Wildman–Crippen MR) is 46.4 cm³/mol. The Kier molecular flexibility index (Phi) is 2.93. The lowest BCUT2D eigenvalue weighted by Crippen LogP contribution is -2.21. The summed E-state index contributed by atoms with van der Waals surface area (Å²) in [6.07, 6.45) is 0. The molecule has 0 saturated carbocycles. The van der Waals surface area contributed by atoms with Gasteiger partial charge in [-0.1, -0.05) is 0 Å². The normalized spacial score (nSPS) is 9.80. The highest BCUT2D eigenvalue weighted by atomic mass is 19.1. The second-order valence-corrected chi connectivity index (χ2v) is 2.59. The Hall–Kier alpha value is -2.05. The van der Waals surface area contributed by atoms with Crippen molar-refractivity contribution in [3.63, 3.8) is 0 Å². The number of amides is 1. The lowest BCUT2D eigenvalue weighted by atomic mass is 10.1. The zero-order valence-electron chi connectivity index (χ0n) is 7.58. The van der Waals surface area contributed by atoms with E-state index in [1.165, 1.54) is 7.05 Å². The number of benzene rings is 1. The highest BCUT2D eigenvalue weighted by Crippen LogP contribution is 2.22. The molecular formula is C8H6F2N2O3. The fraction of sp³-hybridized carbons (Fsp3) is 0.125. The molecule has 0 aliphatic carbocycles. The third-order valence-corrected chi connectivity index (χ3v) is 1.72. The average Bonchev–Trinajstić information content (AvgIpc) is 2.16. The van der Waals surface area contributed by atoms with Gasteiger partial charge in [0.15, 0.2) is 0 Å². The third kappa shape index (κ3) is 1.90. The second-order valence-electron chi connectivity index (χ2n) is 2.59. The van der Waals surface area contributed by atoms with E-state index < -0.39 is 33.7 Å². The van der Waals surface area contributed by atoms with E-state index in [2.05, 4.69) is 0 Å². The zero-order valence-corrected chi connectivity index (χ0v) is 7.58. The fourth-order valence-corrected chi connectivity index (χ4v) is 1.02. The molecule has 0 heterocycles. The van der Waals surface area contributed by atoms with E-state index in [4.69, 9.17) is 0 Å². The molecule has 0 aliphatic rings. The second kappa shape index (κ2) is 3.99. The Morgan fingerprint density at radius 3 is 2.53 bits per heavy atom. The molecule has 1 N–H and O–H groups in total. The van der Waals surface area contributed by atoms with Gasteiger partial charge in [0.05, 0.1) is 4.92 Å². The van der Waals surface area contributed by atoms with Gasteiger partial charge in [0.1, 0.15) is 11.4 Å². The summed E-state index contributed by atoms with van der Waals surface area (Å²) >= 11 is 0. The quantitative estimate of drug-likeness (QED) is 0.597. The lowest BCUT2D eigenvalue weighted by molar-refractivity contribution is -0.387. The molecule has 1 amide bonds. The minimum absolute atomic E-state index is 0.664. The zero-order chi connectivity index (χ0) is 11.6. The van der Waals surface area contributed by atoms with Crippen LogP contribution in [0.25, 0.3) is 0 Å². The van der Waals surface area contributed by atoms with E-state index in [-0.39, 0.29) is 0 Å². The number of hydrogen-bond donors (Lipinski definition) is 1. The Bertz CT molecular complexity index is 434. The first-order valence-corrected chi connectivity index (χ1v) is 3.83. The molecule has 80 valence electrons. The van der Waals surface area contributed by atoms with Crippen molar-refractivity contribution in [1.29, 1.82) is 0 Å². The van der Waals surface area contributed by atoms with Crippen molar-refractivity contribution in [3.8, 4) is 0 Å². The first-order valence-electron chi connectivity index (χ1n) is 3.83. The molecular weight excluding hydrogens is 210 g/mol. The van der Waals surface area contributed by atoms with Crippen molar-refractivity contribution < 1.29 is 18.5 Å². The van der Waals surface area contributed by atoms with Crippen LogP contribution in [0.5, 0.6) is 0 Å². The largest absolute Gasteiger partial charge is 0.355 e. The van der Waals surface area contributed by atoms with Crippen LogP contribution in [-0.4, -0.2) is 17.9 Å². The maximum atomic E-state index is 13.3. The summed E-state index contributed by atoms with van der Waals surface area (Å²) in [6, 6.07) is 1.34. The molecule has 0 fully saturated rings. The first kappa shape index (κ1) is 11.0. The number of hydrogen-bond acceptors (Lipinski definition) is 3. The third-order valence-electron chi connectivity index (χ3n) is 1.72. The predicted octanol–water partition coefficient (Wildman–Crippen LogP) is 1.23. The molecule has 0 bridgehead atoms. The Morgan fingerprint density at radius 1 is 1.47 bits per heavy atom. The Balaban J connectivity index is 3.43. The van der Waals surface area contributed by atoms with E-state index in [0.717, 1.165) is 0 Å². The highest BCUT2D eigenvalue weighted by Gasteiger charge is 2.25. The number of carbonyl (C=O) groups is 1. The summed E-state index contributed by atoms with van der Waals surface area (Å²) in [6.45, 7) is 0. The number of carbonyl (C=O) groups excluding carboxylic acids is 1. The monoisotopic (exact) mass is 216 g/mol. The van der Waals surface area contributed by atoms with Crippen LogP contribution in [0, 0.1) is 21.7 Å². The maximum absolute atomic E-state index is 13.3. The highest BCUT2D eigenvalue weighted by molar-refractivity contribution is 5.95. The van der Waals surface area contributed by atoms with Crippen LogP contribution < -0.4 is 5.32 Å². The van der Waals surface area contributed by atoms with Gasteiger partial charge in [-0.15, -0.1) is 0 Å². The van der Waals surface area contributed by atoms with Crippen LogP contribution in [0.4, 0.5) is 14.5 Å². The standard InChI is InChI=1S/C8H6F2N2O3/c1-11-8(13)6-4(9)2-3-5(7(6)10)12(14)15/h2-3H,1H3,(H,11,13). The molecule has 0 aromatic heterocycles. The molecule has 5 nitrogen and oxygen atoms in total. The summed E-state index contributed by atoms with van der Waals surface area (Å²) in [5, 5.41) is 12.3. The van der Waals surface area contributed by atoms with E-state index in [1.807, 2.05) is 5.32 Å². The molecule has 7 heteroatoms. The molecule has 1 aromatic carbocycles. The van der Waals surface area contributed by atoms with Crippen molar-refractivity contribution in [2.24, 2.45) is 0 Å². The van der Waals surface area contributed by atoms with Crippen molar-refractivity contribution in [2.75, 3.05) is 7.05 Å². The lowest BCUT2D eigenvalue weighted by Gasteiger charge is -2.03. The number of rotatable bonds is 2. The van der Waals surface area contributed by atoms with Crippen LogP contribution in [0.2, 0.25) is 0 Å². The Labute approximate surface area is 82.9 Å². The van der Waals surface area contributed by atoms with Gasteiger partial charge in [-0.25, -0.2) is 4.39 Å². The van der Waals surface area contributed by atoms with Gasteiger partial charge < -0.3 is 5.32 Å². The number of halogens is 2. The van der Waals surface area contributed by atoms with Gasteiger partial charge in [-0.2, -0.15) is 4.39 Å². The number of nitrogens with zero attached hydrogens (tertiary/aromatic N) is 1. The van der Waals surface area contributed by atoms with E-state index in [0.29, 0.717) is 12.1 Å². The number of nitro groups is 1. The molecule has 1 aromatic rings. The van der Waals surface area contributed by atoms with Gasteiger partial charge in [0.2, 0.25) is 5.82 Å². The van der Waals surface area contributed by atoms with Crippen LogP contribution in [-0.2, 0) is 0 Å². The molecule has 0 aliphatic heterocycles. The summed E-state index contributed by atoms with van der Waals surface area (Å²) in [4.78, 5) is 20.3. The minimum atomic E-state index is -1.47. The van der Waals surface area contributed by atoms with E-state index >= 15 is 0 Å². The summed E-state index contributed by atoms with van der Waals surface area (Å²) in [5.74, 6) is -3.66. The van der Waals surface area contributed by atoms with Crippen LogP contribution in [0.15, 0.2) is 12.1 Å². The van der Waals surface area contributed by atoms with E-state index in [1.54, 1.807) is 0 Å². The van der Waals surface area contributed by atoms with Crippen LogP contribution in [0.3, 0.4) is 0 Å². The van der Waals surface area contributed by atoms with Gasteiger partial charge in [0, 0.05) is 13.1 Å². The first-order chi connectivity index (χ1) is 6.99. The molecule has 0 radical (unpaired) electrons. The fourth-order valence-electron chi connectivity index (χ4n) is 1.02. The van der Waals surface area contributed by atoms with Gasteiger partial charge in [0.25, 0.3) is 5.91 Å². The molecule has 15 heavy (non-hydrogen) atoms. The number of nitro benzene ring substituents is 1. The summed E-state index contributed by atoms with van der Waals surface area (Å²) in [5.41, 5.74) is -1.89. The van der Waals surface area contributed by atoms with Crippen molar-refractivity contribution in [3.05, 3.63) is 39.4 Å².